The third-order valence-corrected chi connectivity index (χ3v) is 4.16. The minimum atomic E-state index is 0.645. The Kier molecular flexibility index (Phi) is 5.72. The molecule has 0 heterocycles. The molecule has 0 aromatic heterocycles. The maximum atomic E-state index is 5.62. The Morgan fingerprint density at radius 1 is 1.20 bits per heavy atom. The minimum Gasteiger partial charge on any atom is -0.493 e. The van der Waals surface area contributed by atoms with E-state index in [-0.39, 0.29) is 0 Å². The molecule has 0 amide bonds. The zero-order valence-electron chi connectivity index (χ0n) is 12.9. The molecule has 20 heavy (non-hydrogen) atoms. The number of benzene rings is 1. The van der Waals surface area contributed by atoms with Crippen LogP contribution in [0.15, 0.2) is 18.2 Å². The fourth-order valence-corrected chi connectivity index (χ4v) is 2.92. The van der Waals surface area contributed by atoms with Crippen LogP contribution in [0, 0.1) is 5.92 Å². The van der Waals surface area contributed by atoms with Gasteiger partial charge in [-0.15, -0.1) is 0 Å². The quantitative estimate of drug-likeness (QED) is 0.858. The molecule has 1 saturated carbocycles. The lowest BCUT2D eigenvalue weighted by atomic mass is 9.87. The predicted molar refractivity (Wildman–Crippen MR) is 82.4 cm³/mol. The van der Waals surface area contributed by atoms with E-state index in [9.17, 15) is 0 Å². The van der Waals surface area contributed by atoms with E-state index < -0.39 is 0 Å². The van der Waals surface area contributed by atoms with E-state index in [0.717, 1.165) is 24.0 Å². The number of para-hydroxylation sites is 1. The molecule has 1 aromatic carbocycles. The van der Waals surface area contributed by atoms with Crippen LogP contribution in [0.3, 0.4) is 0 Å². The van der Waals surface area contributed by atoms with Crippen molar-refractivity contribution in [3.05, 3.63) is 23.8 Å². The molecule has 2 rings (SSSR count). The maximum absolute atomic E-state index is 5.62. The summed E-state index contributed by atoms with van der Waals surface area (Å²) in [7, 11) is 1.71. The van der Waals surface area contributed by atoms with Gasteiger partial charge in [0.15, 0.2) is 11.5 Å². The lowest BCUT2D eigenvalue weighted by Gasteiger charge is -2.27. The van der Waals surface area contributed by atoms with Gasteiger partial charge in [0.25, 0.3) is 0 Å². The third kappa shape index (κ3) is 3.89. The van der Waals surface area contributed by atoms with Crippen molar-refractivity contribution < 1.29 is 9.47 Å². The molecule has 0 bridgehead atoms. The second-order valence-electron chi connectivity index (χ2n) is 5.72. The number of ether oxygens (including phenoxy) is 2. The zero-order valence-corrected chi connectivity index (χ0v) is 12.9. The van der Waals surface area contributed by atoms with Crippen LogP contribution in [0.1, 0.15) is 45.1 Å². The standard InChI is InChI=1S/C17H27NO2/c1-4-20-16-7-5-6-14(17(16)19-3)12-18-15-10-8-13(2)9-11-15/h5-7,13,15,18H,4,8-12H2,1-3H3. The highest BCUT2D eigenvalue weighted by atomic mass is 16.5. The lowest BCUT2D eigenvalue weighted by molar-refractivity contribution is 0.298. The summed E-state index contributed by atoms with van der Waals surface area (Å²) in [5.74, 6) is 2.60. The zero-order chi connectivity index (χ0) is 14.4. The minimum absolute atomic E-state index is 0.645. The maximum Gasteiger partial charge on any atom is 0.165 e. The second kappa shape index (κ2) is 7.53. The van der Waals surface area contributed by atoms with Gasteiger partial charge in [-0.2, -0.15) is 0 Å². The van der Waals surface area contributed by atoms with Gasteiger partial charge in [-0.05, 0) is 44.6 Å². The van der Waals surface area contributed by atoms with Crippen LogP contribution >= 0.6 is 0 Å². The molecule has 112 valence electrons. The smallest absolute Gasteiger partial charge is 0.165 e. The number of rotatable bonds is 6. The van der Waals surface area contributed by atoms with Gasteiger partial charge in [-0.25, -0.2) is 0 Å². The van der Waals surface area contributed by atoms with E-state index in [1.165, 1.54) is 31.2 Å². The average molecular weight is 277 g/mol. The molecule has 1 fully saturated rings. The molecule has 0 atom stereocenters. The summed E-state index contributed by atoms with van der Waals surface area (Å²) in [6.45, 7) is 5.86. The lowest BCUT2D eigenvalue weighted by Crippen LogP contribution is -2.32. The van der Waals surface area contributed by atoms with Crippen LogP contribution in [-0.2, 0) is 6.54 Å². The van der Waals surface area contributed by atoms with Crippen LogP contribution < -0.4 is 14.8 Å². The van der Waals surface area contributed by atoms with E-state index in [1.54, 1.807) is 7.11 Å². The van der Waals surface area contributed by atoms with Gasteiger partial charge in [0.2, 0.25) is 0 Å². The molecular formula is C17H27NO2. The van der Waals surface area contributed by atoms with Gasteiger partial charge in [-0.3, -0.25) is 0 Å². The average Bonchev–Trinajstić information content (AvgIpc) is 2.47. The first-order chi connectivity index (χ1) is 9.74. The highest BCUT2D eigenvalue weighted by molar-refractivity contribution is 5.46. The summed E-state index contributed by atoms with van der Waals surface area (Å²) >= 11 is 0. The number of hydrogen-bond acceptors (Lipinski definition) is 3. The highest BCUT2D eigenvalue weighted by Gasteiger charge is 2.18. The van der Waals surface area contributed by atoms with E-state index in [2.05, 4.69) is 18.3 Å². The van der Waals surface area contributed by atoms with Gasteiger partial charge >= 0.3 is 0 Å². The fourth-order valence-electron chi connectivity index (χ4n) is 2.92. The summed E-state index contributed by atoms with van der Waals surface area (Å²) in [4.78, 5) is 0. The van der Waals surface area contributed by atoms with Crippen LogP contribution in [0.2, 0.25) is 0 Å². The van der Waals surface area contributed by atoms with Crippen molar-refractivity contribution in [2.75, 3.05) is 13.7 Å². The summed E-state index contributed by atoms with van der Waals surface area (Å²) in [6, 6.07) is 6.76. The Morgan fingerprint density at radius 3 is 2.60 bits per heavy atom. The van der Waals surface area contributed by atoms with Crippen LogP contribution in [0.25, 0.3) is 0 Å². The normalized spacial score (nSPS) is 22.6. The Bertz CT molecular complexity index is 411. The monoisotopic (exact) mass is 277 g/mol. The molecule has 1 aliphatic carbocycles. The largest absolute Gasteiger partial charge is 0.493 e. The Labute approximate surface area is 122 Å². The van der Waals surface area contributed by atoms with Crippen molar-refractivity contribution in [3.63, 3.8) is 0 Å². The summed E-state index contributed by atoms with van der Waals surface area (Å²) in [6.07, 6.45) is 5.25. The van der Waals surface area contributed by atoms with Gasteiger partial charge in [0, 0.05) is 18.2 Å². The first kappa shape index (κ1) is 15.2. The highest BCUT2D eigenvalue weighted by Crippen LogP contribution is 2.31. The summed E-state index contributed by atoms with van der Waals surface area (Å²) in [5.41, 5.74) is 1.18. The van der Waals surface area contributed by atoms with E-state index in [1.807, 2.05) is 19.1 Å². The van der Waals surface area contributed by atoms with Crippen LogP contribution in [-0.4, -0.2) is 19.8 Å². The van der Waals surface area contributed by atoms with Crippen molar-refractivity contribution in [2.45, 2.75) is 52.1 Å². The van der Waals surface area contributed by atoms with Crippen molar-refractivity contribution in [1.29, 1.82) is 0 Å². The molecule has 0 saturated heterocycles. The Hall–Kier alpha value is -1.22. The van der Waals surface area contributed by atoms with Gasteiger partial charge in [-0.1, -0.05) is 19.1 Å². The summed E-state index contributed by atoms with van der Waals surface area (Å²) in [5, 5.41) is 3.67. The third-order valence-electron chi connectivity index (χ3n) is 4.16. The summed E-state index contributed by atoms with van der Waals surface area (Å²) < 4.78 is 11.1. The van der Waals surface area contributed by atoms with Crippen molar-refractivity contribution in [1.82, 2.24) is 5.32 Å². The number of methoxy groups -OCH3 is 1. The molecule has 3 heteroatoms. The number of nitrogens with one attached hydrogen (secondary N) is 1. The topological polar surface area (TPSA) is 30.5 Å². The van der Waals surface area contributed by atoms with E-state index >= 15 is 0 Å². The molecule has 3 nitrogen and oxygen atoms in total. The molecule has 1 aliphatic rings. The van der Waals surface area contributed by atoms with Gasteiger partial charge in [0.05, 0.1) is 13.7 Å². The van der Waals surface area contributed by atoms with Crippen molar-refractivity contribution >= 4 is 0 Å². The van der Waals surface area contributed by atoms with E-state index in [0.29, 0.717) is 12.6 Å². The van der Waals surface area contributed by atoms with Crippen LogP contribution in [0.5, 0.6) is 11.5 Å². The van der Waals surface area contributed by atoms with Gasteiger partial charge < -0.3 is 14.8 Å². The molecule has 1 N–H and O–H groups in total. The molecule has 0 aliphatic heterocycles. The van der Waals surface area contributed by atoms with Crippen LogP contribution in [0.4, 0.5) is 0 Å². The van der Waals surface area contributed by atoms with Crippen molar-refractivity contribution in [2.24, 2.45) is 5.92 Å². The Morgan fingerprint density at radius 2 is 1.95 bits per heavy atom. The van der Waals surface area contributed by atoms with Gasteiger partial charge in [0.1, 0.15) is 0 Å². The molecular weight excluding hydrogens is 250 g/mol. The first-order valence-electron chi connectivity index (χ1n) is 7.76. The second-order valence-corrected chi connectivity index (χ2v) is 5.72. The molecule has 0 unspecified atom stereocenters. The fraction of sp³-hybridized carbons (Fsp3) is 0.647. The predicted octanol–water partition coefficient (Wildman–Crippen LogP) is 3.76. The molecule has 0 radical (unpaired) electrons. The first-order valence-corrected chi connectivity index (χ1v) is 7.76. The van der Waals surface area contributed by atoms with Crippen molar-refractivity contribution in [3.8, 4) is 11.5 Å². The number of hydrogen-bond donors (Lipinski definition) is 1. The van der Waals surface area contributed by atoms with E-state index in [4.69, 9.17) is 9.47 Å². The molecule has 1 aromatic rings. The Balaban J connectivity index is 1.96. The SMILES string of the molecule is CCOc1cccc(CNC2CCC(C)CC2)c1OC. The molecule has 0 spiro atoms.